The first-order valence-electron chi connectivity index (χ1n) is 16.6. The first kappa shape index (κ1) is 27.5. The van der Waals surface area contributed by atoms with Gasteiger partial charge in [-0.3, -0.25) is 0 Å². The van der Waals surface area contributed by atoms with Gasteiger partial charge in [-0.05, 0) is 76.0 Å². The van der Waals surface area contributed by atoms with E-state index in [9.17, 15) is 0 Å². The van der Waals surface area contributed by atoms with Gasteiger partial charge in [0, 0.05) is 39.2 Å². The number of anilines is 3. The number of para-hydroxylation sites is 2. The van der Waals surface area contributed by atoms with E-state index in [1.807, 2.05) is 24.3 Å². The third-order valence-electron chi connectivity index (χ3n) is 9.66. The maximum absolute atomic E-state index is 6.71. The number of benzene rings is 8. The van der Waals surface area contributed by atoms with Gasteiger partial charge in [0.25, 0.3) is 0 Å². The van der Waals surface area contributed by atoms with E-state index in [1.165, 1.54) is 21.9 Å². The van der Waals surface area contributed by atoms with E-state index in [2.05, 4.69) is 157 Å². The Morgan fingerprint density at radius 2 is 1.00 bits per heavy atom. The van der Waals surface area contributed by atoms with Gasteiger partial charge in [-0.1, -0.05) is 121 Å². The number of nitrogens with zero attached hydrogens (tertiary/aromatic N) is 1. The summed E-state index contributed by atoms with van der Waals surface area (Å²) in [5.41, 5.74) is 11.1. The first-order chi connectivity index (χ1) is 24.3. The molecular formula is C46H29NO2. The van der Waals surface area contributed by atoms with Crippen LogP contribution in [0.4, 0.5) is 17.1 Å². The third-order valence-corrected chi connectivity index (χ3v) is 9.66. The highest BCUT2D eigenvalue weighted by Crippen LogP contribution is 2.47. The standard InChI is InChI=1S/C46H29NO2/c1-3-12-30(13-4-1)35-19-11-16-32-22-23-33(28-40(32)35)47(34-24-25-38-37-17-7-9-20-42(37)48-44(38)29-34)41-27-26-36(31-14-5-2-6-15-31)46-45(41)39-18-8-10-21-43(39)49-46/h1-29H. The molecule has 0 saturated heterocycles. The minimum atomic E-state index is 0.851. The molecule has 0 spiro atoms. The molecule has 10 aromatic rings. The predicted molar refractivity (Wildman–Crippen MR) is 204 cm³/mol. The highest BCUT2D eigenvalue weighted by atomic mass is 16.3. The molecule has 49 heavy (non-hydrogen) atoms. The molecule has 0 fully saturated rings. The molecule has 0 aliphatic rings. The summed E-state index contributed by atoms with van der Waals surface area (Å²) in [6, 6.07) is 62.0. The lowest BCUT2D eigenvalue weighted by Gasteiger charge is -2.27. The lowest BCUT2D eigenvalue weighted by atomic mass is 9.97. The van der Waals surface area contributed by atoms with Crippen LogP contribution in [-0.2, 0) is 0 Å². The van der Waals surface area contributed by atoms with Gasteiger partial charge in [0.2, 0.25) is 0 Å². The van der Waals surface area contributed by atoms with Crippen LogP contribution in [0.1, 0.15) is 0 Å². The Balaban J connectivity index is 1.28. The van der Waals surface area contributed by atoms with Crippen LogP contribution in [0.3, 0.4) is 0 Å². The Hall–Kier alpha value is -6.58. The smallest absolute Gasteiger partial charge is 0.145 e. The van der Waals surface area contributed by atoms with Crippen LogP contribution in [0.25, 0.3) is 76.9 Å². The van der Waals surface area contributed by atoms with Crippen LogP contribution < -0.4 is 4.90 Å². The molecule has 230 valence electrons. The van der Waals surface area contributed by atoms with Crippen LogP contribution in [0.2, 0.25) is 0 Å². The average Bonchev–Trinajstić information content (AvgIpc) is 3.74. The SMILES string of the molecule is c1ccc(-c2cccc3ccc(N(c4ccc5c(c4)oc4ccccc45)c4ccc(-c5ccccc5)c5oc6ccccc6c45)cc23)cc1. The van der Waals surface area contributed by atoms with Gasteiger partial charge in [0.15, 0.2) is 0 Å². The Bertz CT molecular complexity index is 2830. The highest BCUT2D eigenvalue weighted by molar-refractivity contribution is 6.17. The van der Waals surface area contributed by atoms with Crippen molar-refractivity contribution in [2.45, 2.75) is 0 Å². The molecule has 2 aromatic heterocycles. The number of fused-ring (bicyclic) bond motifs is 7. The fourth-order valence-corrected chi connectivity index (χ4v) is 7.39. The lowest BCUT2D eigenvalue weighted by Crippen LogP contribution is -2.10. The van der Waals surface area contributed by atoms with Crippen molar-refractivity contribution in [3.63, 3.8) is 0 Å². The van der Waals surface area contributed by atoms with Crippen molar-refractivity contribution in [1.29, 1.82) is 0 Å². The molecule has 0 amide bonds. The minimum absolute atomic E-state index is 0.851. The second-order valence-electron chi connectivity index (χ2n) is 12.5. The lowest BCUT2D eigenvalue weighted by molar-refractivity contribution is 0.669. The summed E-state index contributed by atoms with van der Waals surface area (Å²) in [6.07, 6.45) is 0. The Labute approximate surface area is 282 Å². The van der Waals surface area contributed by atoms with Crippen LogP contribution >= 0.6 is 0 Å². The number of furan rings is 2. The van der Waals surface area contributed by atoms with Crippen molar-refractivity contribution >= 4 is 71.7 Å². The average molecular weight is 628 g/mol. The zero-order valence-electron chi connectivity index (χ0n) is 26.5. The van der Waals surface area contributed by atoms with Crippen LogP contribution in [0.15, 0.2) is 185 Å². The van der Waals surface area contributed by atoms with E-state index >= 15 is 0 Å². The molecule has 0 saturated carbocycles. The quantitative estimate of drug-likeness (QED) is 0.190. The van der Waals surface area contributed by atoms with Crippen molar-refractivity contribution in [3.05, 3.63) is 176 Å². The van der Waals surface area contributed by atoms with Crippen molar-refractivity contribution in [1.82, 2.24) is 0 Å². The fourth-order valence-electron chi connectivity index (χ4n) is 7.39. The van der Waals surface area contributed by atoms with Gasteiger partial charge < -0.3 is 13.7 Å². The second-order valence-corrected chi connectivity index (χ2v) is 12.5. The number of hydrogen-bond donors (Lipinski definition) is 0. The van der Waals surface area contributed by atoms with Crippen molar-refractivity contribution < 1.29 is 8.83 Å². The van der Waals surface area contributed by atoms with E-state index in [-0.39, 0.29) is 0 Å². The highest BCUT2D eigenvalue weighted by Gasteiger charge is 2.23. The molecule has 0 aliphatic carbocycles. The molecule has 3 nitrogen and oxygen atoms in total. The van der Waals surface area contributed by atoms with Crippen LogP contribution in [0.5, 0.6) is 0 Å². The third kappa shape index (κ3) is 4.44. The maximum atomic E-state index is 6.71. The summed E-state index contributed by atoms with van der Waals surface area (Å²) >= 11 is 0. The molecule has 0 bridgehead atoms. The maximum Gasteiger partial charge on any atom is 0.145 e. The summed E-state index contributed by atoms with van der Waals surface area (Å²) in [5, 5.41) is 6.74. The van der Waals surface area contributed by atoms with Crippen molar-refractivity contribution in [3.8, 4) is 22.3 Å². The molecule has 0 radical (unpaired) electrons. The van der Waals surface area contributed by atoms with E-state index < -0.39 is 0 Å². The Kier molecular flexibility index (Phi) is 6.18. The largest absolute Gasteiger partial charge is 0.456 e. The van der Waals surface area contributed by atoms with E-state index in [0.29, 0.717) is 0 Å². The summed E-state index contributed by atoms with van der Waals surface area (Å²) in [5.74, 6) is 0. The number of hydrogen-bond acceptors (Lipinski definition) is 3. The molecule has 10 rings (SSSR count). The van der Waals surface area contributed by atoms with Gasteiger partial charge in [0.05, 0.1) is 11.1 Å². The molecular weight excluding hydrogens is 599 g/mol. The van der Waals surface area contributed by atoms with Gasteiger partial charge in [0.1, 0.15) is 22.3 Å². The minimum Gasteiger partial charge on any atom is -0.456 e. The summed E-state index contributed by atoms with van der Waals surface area (Å²) in [6.45, 7) is 0. The Morgan fingerprint density at radius 1 is 0.367 bits per heavy atom. The summed E-state index contributed by atoms with van der Waals surface area (Å²) in [4.78, 5) is 2.35. The molecule has 0 atom stereocenters. The summed E-state index contributed by atoms with van der Waals surface area (Å²) < 4.78 is 13.1. The van der Waals surface area contributed by atoms with Crippen LogP contribution in [-0.4, -0.2) is 0 Å². The van der Waals surface area contributed by atoms with Crippen LogP contribution in [0, 0.1) is 0 Å². The van der Waals surface area contributed by atoms with Gasteiger partial charge in [-0.2, -0.15) is 0 Å². The van der Waals surface area contributed by atoms with Gasteiger partial charge >= 0.3 is 0 Å². The topological polar surface area (TPSA) is 29.5 Å². The van der Waals surface area contributed by atoms with E-state index in [0.717, 1.165) is 72.1 Å². The molecule has 3 heteroatoms. The molecule has 0 unspecified atom stereocenters. The molecule has 0 N–H and O–H groups in total. The van der Waals surface area contributed by atoms with E-state index in [1.54, 1.807) is 0 Å². The molecule has 2 heterocycles. The van der Waals surface area contributed by atoms with Crippen molar-refractivity contribution in [2.24, 2.45) is 0 Å². The predicted octanol–water partition coefficient (Wildman–Crippen LogP) is 13.4. The summed E-state index contributed by atoms with van der Waals surface area (Å²) in [7, 11) is 0. The zero-order chi connectivity index (χ0) is 32.3. The normalized spacial score (nSPS) is 11.7. The first-order valence-corrected chi connectivity index (χ1v) is 16.6. The van der Waals surface area contributed by atoms with Gasteiger partial charge in [-0.15, -0.1) is 0 Å². The Morgan fingerprint density at radius 3 is 1.80 bits per heavy atom. The number of rotatable bonds is 5. The zero-order valence-corrected chi connectivity index (χ0v) is 26.5. The fraction of sp³-hybridized carbons (Fsp3) is 0. The second kappa shape index (κ2) is 11.0. The van der Waals surface area contributed by atoms with E-state index in [4.69, 9.17) is 8.83 Å². The molecule has 0 aliphatic heterocycles. The monoisotopic (exact) mass is 627 g/mol. The van der Waals surface area contributed by atoms with Crippen molar-refractivity contribution in [2.75, 3.05) is 4.90 Å². The molecule has 8 aromatic carbocycles. The van der Waals surface area contributed by atoms with Gasteiger partial charge in [-0.25, -0.2) is 0 Å².